The molecular weight excluding hydrogens is 350 g/mol. The Hall–Kier alpha value is -1.73. The Morgan fingerprint density at radius 3 is 2.60 bits per heavy atom. The number of nitrogen functional groups attached to an aromatic ring is 1. The third-order valence-corrected chi connectivity index (χ3v) is 5.78. The van der Waals surface area contributed by atoms with Crippen LogP contribution in [0.1, 0.15) is 43.2 Å². The standard InChI is InChI=1S/C18H23N5S2/c1-10(2)13-9-23(4)15-8-20-14(6-12(13)15)11(3)25-18-21-16(19)7-17(22-18)24-5/h6-11H,1-5H3,(H2,19,21,22). The van der Waals surface area contributed by atoms with Crippen molar-refractivity contribution in [2.24, 2.45) is 7.05 Å². The molecule has 0 fully saturated rings. The van der Waals surface area contributed by atoms with Crippen LogP contribution in [0.2, 0.25) is 0 Å². The number of nitrogens with zero attached hydrogens (tertiary/aromatic N) is 4. The largest absolute Gasteiger partial charge is 0.384 e. The molecule has 25 heavy (non-hydrogen) atoms. The maximum absolute atomic E-state index is 5.88. The predicted octanol–water partition coefficient (Wildman–Crippen LogP) is 4.64. The van der Waals surface area contributed by atoms with Crippen LogP contribution >= 0.6 is 23.5 Å². The van der Waals surface area contributed by atoms with Crippen LogP contribution in [0.15, 0.2) is 34.7 Å². The average molecular weight is 374 g/mol. The summed E-state index contributed by atoms with van der Waals surface area (Å²) < 4.78 is 2.14. The highest BCUT2D eigenvalue weighted by atomic mass is 32.2. The van der Waals surface area contributed by atoms with Gasteiger partial charge >= 0.3 is 0 Å². The molecule has 3 aromatic heterocycles. The van der Waals surface area contributed by atoms with Gasteiger partial charge in [0.25, 0.3) is 0 Å². The number of hydrogen-bond acceptors (Lipinski definition) is 6. The summed E-state index contributed by atoms with van der Waals surface area (Å²) in [5, 5.41) is 2.99. The second-order valence-electron chi connectivity index (χ2n) is 6.35. The van der Waals surface area contributed by atoms with Crippen molar-refractivity contribution in [3.8, 4) is 0 Å². The first-order valence-electron chi connectivity index (χ1n) is 8.19. The topological polar surface area (TPSA) is 69.6 Å². The van der Waals surface area contributed by atoms with Crippen LogP contribution in [0, 0.1) is 0 Å². The van der Waals surface area contributed by atoms with Gasteiger partial charge in [0.15, 0.2) is 5.16 Å². The highest BCUT2D eigenvalue weighted by Gasteiger charge is 2.16. The average Bonchev–Trinajstić information content (AvgIpc) is 2.91. The minimum Gasteiger partial charge on any atom is -0.384 e. The third kappa shape index (κ3) is 3.77. The smallest absolute Gasteiger partial charge is 0.191 e. The zero-order chi connectivity index (χ0) is 18.1. The van der Waals surface area contributed by atoms with Crippen LogP contribution in [0.4, 0.5) is 5.82 Å². The Bertz CT molecular complexity index is 904. The lowest BCUT2D eigenvalue weighted by Gasteiger charge is -2.11. The number of aromatic nitrogens is 4. The van der Waals surface area contributed by atoms with Crippen molar-refractivity contribution in [2.45, 2.75) is 42.1 Å². The molecule has 1 unspecified atom stereocenters. The van der Waals surface area contributed by atoms with E-state index in [0.717, 1.165) is 16.2 Å². The van der Waals surface area contributed by atoms with E-state index in [1.165, 1.54) is 10.9 Å². The summed E-state index contributed by atoms with van der Waals surface area (Å²) >= 11 is 3.15. The number of rotatable bonds is 5. The summed E-state index contributed by atoms with van der Waals surface area (Å²) in [6.07, 6.45) is 6.14. The van der Waals surface area contributed by atoms with Gasteiger partial charge in [0.1, 0.15) is 10.8 Å². The molecule has 3 rings (SSSR count). The highest BCUT2D eigenvalue weighted by Crippen LogP contribution is 2.35. The number of anilines is 1. The van der Waals surface area contributed by atoms with E-state index >= 15 is 0 Å². The molecule has 0 saturated heterocycles. The van der Waals surface area contributed by atoms with Gasteiger partial charge in [-0.1, -0.05) is 25.6 Å². The van der Waals surface area contributed by atoms with Crippen molar-refractivity contribution >= 4 is 40.2 Å². The van der Waals surface area contributed by atoms with Crippen molar-refractivity contribution in [3.05, 3.63) is 35.8 Å². The molecule has 0 amide bonds. The SMILES string of the molecule is CSc1cc(N)nc(SC(C)c2cc3c(C(C)C)cn(C)c3cn2)n1. The van der Waals surface area contributed by atoms with Gasteiger partial charge in [-0.2, -0.15) is 0 Å². The van der Waals surface area contributed by atoms with E-state index in [0.29, 0.717) is 16.9 Å². The van der Waals surface area contributed by atoms with E-state index < -0.39 is 0 Å². The maximum Gasteiger partial charge on any atom is 0.191 e. The van der Waals surface area contributed by atoms with Gasteiger partial charge in [0.05, 0.1) is 22.7 Å². The van der Waals surface area contributed by atoms with E-state index in [2.05, 4.69) is 59.6 Å². The molecule has 2 N–H and O–H groups in total. The lowest BCUT2D eigenvalue weighted by Crippen LogP contribution is -1.99. The second kappa shape index (κ2) is 7.25. The lowest BCUT2D eigenvalue weighted by molar-refractivity contribution is 0.857. The third-order valence-electron chi connectivity index (χ3n) is 4.16. The van der Waals surface area contributed by atoms with Gasteiger partial charge < -0.3 is 10.3 Å². The molecule has 132 valence electrons. The molecule has 0 spiro atoms. The fourth-order valence-electron chi connectivity index (χ4n) is 2.80. The minimum absolute atomic E-state index is 0.140. The predicted molar refractivity (Wildman–Crippen MR) is 107 cm³/mol. The fourth-order valence-corrected chi connectivity index (χ4v) is 4.15. The van der Waals surface area contributed by atoms with Crippen molar-refractivity contribution in [2.75, 3.05) is 12.0 Å². The summed E-state index contributed by atoms with van der Waals surface area (Å²) in [7, 11) is 2.07. The van der Waals surface area contributed by atoms with Gasteiger partial charge in [0.2, 0.25) is 0 Å². The number of pyridine rings is 1. The Morgan fingerprint density at radius 1 is 1.16 bits per heavy atom. The Labute approximate surface area is 156 Å². The molecule has 0 bridgehead atoms. The van der Waals surface area contributed by atoms with Gasteiger partial charge in [0, 0.05) is 24.7 Å². The number of nitrogens with two attached hydrogens (primary N) is 1. The van der Waals surface area contributed by atoms with E-state index in [1.54, 1.807) is 29.6 Å². The lowest BCUT2D eigenvalue weighted by atomic mass is 10.0. The van der Waals surface area contributed by atoms with Crippen molar-refractivity contribution in [1.82, 2.24) is 19.5 Å². The van der Waals surface area contributed by atoms with Gasteiger partial charge in [-0.3, -0.25) is 4.98 Å². The van der Waals surface area contributed by atoms with E-state index in [4.69, 9.17) is 5.73 Å². The normalized spacial score (nSPS) is 12.9. The zero-order valence-corrected chi connectivity index (χ0v) is 16.8. The van der Waals surface area contributed by atoms with E-state index in [1.807, 2.05) is 12.5 Å². The zero-order valence-electron chi connectivity index (χ0n) is 15.1. The first kappa shape index (κ1) is 18.1. The summed E-state index contributed by atoms with van der Waals surface area (Å²) in [5.74, 6) is 0.978. The molecule has 0 aromatic carbocycles. The van der Waals surface area contributed by atoms with Gasteiger partial charge in [-0.15, -0.1) is 11.8 Å². The molecule has 7 heteroatoms. The van der Waals surface area contributed by atoms with Crippen LogP contribution in [0.25, 0.3) is 10.9 Å². The second-order valence-corrected chi connectivity index (χ2v) is 8.49. The van der Waals surface area contributed by atoms with Crippen LogP contribution in [-0.4, -0.2) is 25.8 Å². The molecule has 3 aromatic rings. The van der Waals surface area contributed by atoms with Crippen molar-refractivity contribution < 1.29 is 0 Å². The Balaban J connectivity index is 1.93. The molecule has 0 aliphatic heterocycles. The molecule has 3 heterocycles. The van der Waals surface area contributed by atoms with E-state index in [9.17, 15) is 0 Å². The number of hydrogen-bond donors (Lipinski definition) is 1. The molecular formula is C18H23N5S2. The first-order chi connectivity index (χ1) is 11.9. The molecule has 0 saturated carbocycles. The fraction of sp³-hybridized carbons (Fsp3) is 0.389. The summed E-state index contributed by atoms with van der Waals surface area (Å²) in [4.78, 5) is 13.5. The van der Waals surface area contributed by atoms with Crippen molar-refractivity contribution in [1.29, 1.82) is 0 Å². The Kier molecular flexibility index (Phi) is 5.24. The molecule has 0 aliphatic rings. The van der Waals surface area contributed by atoms with Crippen LogP contribution in [-0.2, 0) is 7.05 Å². The summed E-state index contributed by atoms with van der Waals surface area (Å²) in [6.45, 7) is 6.57. The van der Waals surface area contributed by atoms with Gasteiger partial charge in [-0.05, 0) is 30.7 Å². The minimum atomic E-state index is 0.140. The van der Waals surface area contributed by atoms with Crippen LogP contribution in [0.5, 0.6) is 0 Å². The molecule has 0 aliphatic carbocycles. The first-order valence-corrected chi connectivity index (χ1v) is 10.3. The van der Waals surface area contributed by atoms with Crippen molar-refractivity contribution in [3.63, 3.8) is 0 Å². The number of thioether (sulfide) groups is 2. The molecule has 1 atom stereocenters. The Morgan fingerprint density at radius 2 is 1.92 bits per heavy atom. The number of aryl methyl sites for hydroxylation is 1. The number of fused-ring (bicyclic) bond motifs is 1. The van der Waals surface area contributed by atoms with E-state index in [-0.39, 0.29) is 5.25 Å². The van der Waals surface area contributed by atoms with Gasteiger partial charge in [-0.25, -0.2) is 9.97 Å². The van der Waals surface area contributed by atoms with Crippen LogP contribution in [0.3, 0.4) is 0 Å². The van der Waals surface area contributed by atoms with Crippen LogP contribution < -0.4 is 5.73 Å². The highest BCUT2D eigenvalue weighted by molar-refractivity contribution is 7.99. The monoisotopic (exact) mass is 373 g/mol. The quantitative estimate of drug-likeness (QED) is 0.399. The molecule has 5 nitrogen and oxygen atoms in total. The molecule has 0 radical (unpaired) electrons. The summed E-state index contributed by atoms with van der Waals surface area (Å²) in [5.41, 5.74) is 9.43. The maximum atomic E-state index is 5.88. The summed E-state index contributed by atoms with van der Waals surface area (Å²) in [6, 6.07) is 3.99.